The lowest BCUT2D eigenvalue weighted by Crippen LogP contribution is -2.22. The molecule has 0 unspecified atom stereocenters. The highest BCUT2D eigenvalue weighted by atomic mass is 32.2. The average molecular weight is 468 g/mol. The van der Waals surface area contributed by atoms with Gasteiger partial charge < -0.3 is 16.0 Å². The Morgan fingerprint density at radius 3 is 2.64 bits per heavy atom. The fraction of sp³-hybridized carbons (Fsp3) is 0.238. The highest BCUT2D eigenvalue weighted by Crippen LogP contribution is 2.47. The lowest BCUT2D eigenvalue weighted by atomic mass is 10.0. The summed E-state index contributed by atoms with van der Waals surface area (Å²) in [7, 11) is -3.69. The molecule has 11 nitrogen and oxygen atoms in total. The molecule has 1 amide bonds. The van der Waals surface area contributed by atoms with Crippen LogP contribution in [-0.4, -0.2) is 47.7 Å². The molecule has 3 aromatic heterocycles. The number of amides is 1. The third-order valence-corrected chi connectivity index (χ3v) is 6.21. The molecule has 3 N–H and O–H groups in total. The van der Waals surface area contributed by atoms with Gasteiger partial charge in [-0.2, -0.15) is 5.26 Å². The minimum absolute atomic E-state index is 0.0455. The van der Waals surface area contributed by atoms with E-state index in [1.54, 1.807) is 18.3 Å². The van der Waals surface area contributed by atoms with E-state index >= 15 is 0 Å². The molecule has 3 heterocycles. The zero-order chi connectivity index (χ0) is 26.1. The summed E-state index contributed by atoms with van der Waals surface area (Å²) in [5.41, 5.74) is -0.116. The zero-order valence-corrected chi connectivity index (χ0v) is 18.1. The lowest BCUT2D eigenvalue weighted by molar-refractivity contribution is 0.0958. The van der Waals surface area contributed by atoms with Gasteiger partial charge in [-0.25, -0.2) is 18.4 Å². The smallest absolute Gasteiger partial charge is 0.273 e. The van der Waals surface area contributed by atoms with Gasteiger partial charge in [0.15, 0.2) is 21.3 Å². The van der Waals surface area contributed by atoms with Crippen LogP contribution in [0.25, 0.3) is 0 Å². The number of hydrogen-bond donors (Lipinski definition) is 3. The van der Waals surface area contributed by atoms with E-state index in [-0.39, 0.29) is 22.2 Å². The molecule has 0 aromatic carbocycles. The number of hydrogen-bond acceptors (Lipinski definition) is 10. The summed E-state index contributed by atoms with van der Waals surface area (Å²) in [6.07, 6.45) is 5.51. The Balaban J connectivity index is 1.68. The Bertz CT molecular complexity index is 1470. The standard InChI is InChI=1S/C21H20N8O3S/c1-23-20(30)18-14(26-19-15(33(2,31)32)4-3-9-24-19)10-17(28-29-18)27-16-6-5-13(11-25-16)21(12-22)7-8-21/h3-6,9-11H,7-8H2,1-2H3,(H,23,30)(H2,24,25,26,27,28)/i1D3. The van der Waals surface area contributed by atoms with Crippen LogP contribution < -0.4 is 16.0 Å². The quantitative estimate of drug-likeness (QED) is 0.469. The van der Waals surface area contributed by atoms with Crippen molar-refractivity contribution in [3.05, 3.63) is 54.0 Å². The Morgan fingerprint density at radius 2 is 2.00 bits per heavy atom. The second-order valence-corrected chi connectivity index (χ2v) is 9.43. The maximum absolute atomic E-state index is 12.6. The van der Waals surface area contributed by atoms with E-state index < -0.39 is 33.8 Å². The number of carbonyl (C=O) groups is 1. The summed E-state index contributed by atoms with van der Waals surface area (Å²) in [4.78, 5) is 20.8. The Labute approximate surface area is 194 Å². The van der Waals surface area contributed by atoms with Gasteiger partial charge in [0.2, 0.25) is 0 Å². The van der Waals surface area contributed by atoms with Gasteiger partial charge in [0.25, 0.3) is 5.91 Å². The third-order valence-electron chi connectivity index (χ3n) is 5.08. The minimum Gasteiger partial charge on any atom is -0.354 e. The number of nitriles is 1. The number of pyridine rings is 2. The molecule has 33 heavy (non-hydrogen) atoms. The highest BCUT2D eigenvalue weighted by molar-refractivity contribution is 7.90. The highest BCUT2D eigenvalue weighted by Gasteiger charge is 2.45. The van der Waals surface area contributed by atoms with Gasteiger partial charge in [-0.15, -0.1) is 10.2 Å². The molecule has 1 aliphatic rings. The molecule has 1 saturated carbocycles. The number of nitrogens with one attached hydrogen (secondary N) is 3. The molecule has 1 fully saturated rings. The Hall–Kier alpha value is -4.11. The van der Waals surface area contributed by atoms with Crippen molar-refractivity contribution in [1.29, 1.82) is 5.26 Å². The summed E-state index contributed by atoms with van der Waals surface area (Å²) in [6, 6.07) is 9.86. The first-order valence-corrected chi connectivity index (χ1v) is 11.6. The van der Waals surface area contributed by atoms with E-state index in [4.69, 9.17) is 4.11 Å². The maximum Gasteiger partial charge on any atom is 0.273 e. The van der Waals surface area contributed by atoms with Gasteiger partial charge in [-0.05, 0) is 36.6 Å². The van der Waals surface area contributed by atoms with Crippen LogP contribution in [0.1, 0.15) is 33.0 Å². The van der Waals surface area contributed by atoms with E-state index in [0.29, 0.717) is 5.82 Å². The maximum atomic E-state index is 12.6. The molecule has 168 valence electrons. The molecular formula is C21H20N8O3S. The fourth-order valence-corrected chi connectivity index (χ4v) is 3.94. The van der Waals surface area contributed by atoms with Crippen molar-refractivity contribution in [3.8, 4) is 6.07 Å². The first-order chi connectivity index (χ1) is 16.9. The molecule has 0 aliphatic heterocycles. The molecule has 0 bridgehead atoms. The largest absolute Gasteiger partial charge is 0.354 e. The molecular weight excluding hydrogens is 444 g/mol. The predicted molar refractivity (Wildman–Crippen MR) is 120 cm³/mol. The number of nitrogens with zero attached hydrogens (tertiary/aromatic N) is 5. The van der Waals surface area contributed by atoms with Crippen molar-refractivity contribution < 1.29 is 17.3 Å². The van der Waals surface area contributed by atoms with Crippen molar-refractivity contribution >= 4 is 38.9 Å². The van der Waals surface area contributed by atoms with Crippen molar-refractivity contribution in [2.45, 2.75) is 23.2 Å². The summed E-state index contributed by atoms with van der Waals surface area (Å²) in [5.74, 6) is -0.638. The van der Waals surface area contributed by atoms with Gasteiger partial charge >= 0.3 is 0 Å². The molecule has 0 saturated heterocycles. The second kappa shape index (κ2) is 8.44. The normalized spacial score (nSPS) is 15.8. The van der Waals surface area contributed by atoms with Crippen LogP contribution >= 0.6 is 0 Å². The summed E-state index contributed by atoms with van der Waals surface area (Å²) < 4.78 is 46.2. The molecule has 12 heteroatoms. The van der Waals surface area contributed by atoms with E-state index in [2.05, 4.69) is 36.9 Å². The molecule has 0 radical (unpaired) electrons. The van der Waals surface area contributed by atoms with Gasteiger partial charge in [-0.3, -0.25) is 4.79 Å². The van der Waals surface area contributed by atoms with Gasteiger partial charge in [0.05, 0.1) is 17.2 Å². The lowest BCUT2D eigenvalue weighted by Gasteiger charge is -2.14. The predicted octanol–water partition coefficient (Wildman–Crippen LogP) is 2.07. The third kappa shape index (κ3) is 4.58. The van der Waals surface area contributed by atoms with Crippen LogP contribution in [-0.2, 0) is 15.3 Å². The van der Waals surface area contributed by atoms with Crippen LogP contribution in [0.3, 0.4) is 0 Å². The molecule has 3 aromatic rings. The van der Waals surface area contributed by atoms with E-state index in [1.165, 1.54) is 24.4 Å². The average Bonchev–Trinajstić information content (AvgIpc) is 3.60. The first-order valence-electron chi connectivity index (χ1n) is 11.2. The number of sulfone groups is 1. The molecule has 0 spiro atoms. The summed E-state index contributed by atoms with van der Waals surface area (Å²) >= 11 is 0. The minimum atomic E-state index is -3.69. The number of anilines is 4. The van der Waals surface area contributed by atoms with Gasteiger partial charge in [0.1, 0.15) is 16.5 Å². The van der Waals surface area contributed by atoms with Gasteiger partial charge in [-0.1, -0.05) is 6.07 Å². The topological polar surface area (TPSA) is 163 Å². The first kappa shape index (κ1) is 18.5. The monoisotopic (exact) mass is 467 g/mol. The van der Waals surface area contributed by atoms with E-state index in [9.17, 15) is 18.5 Å². The van der Waals surface area contributed by atoms with Crippen LogP contribution in [0.5, 0.6) is 0 Å². The second-order valence-electron chi connectivity index (χ2n) is 7.44. The summed E-state index contributed by atoms with van der Waals surface area (Å²) in [6.45, 7) is -2.79. The van der Waals surface area contributed by atoms with Crippen molar-refractivity contribution in [2.24, 2.45) is 0 Å². The van der Waals surface area contributed by atoms with Crippen molar-refractivity contribution in [3.63, 3.8) is 0 Å². The number of carbonyl (C=O) groups excluding carboxylic acids is 1. The number of rotatable bonds is 7. The van der Waals surface area contributed by atoms with Crippen LogP contribution in [0.15, 0.2) is 47.6 Å². The zero-order valence-electron chi connectivity index (χ0n) is 20.3. The van der Waals surface area contributed by atoms with E-state index in [0.717, 1.165) is 24.7 Å². The van der Waals surface area contributed by atoms with Crippen molar-refractivity contribution in [2.75, 3.05) is 23.9 Å². The van der Waals surface area contributed by atoms with Crippen LogP contribution in [0, 0.1) is 11.3 Å². The SMILES string of the molecule is [2H]C([2H])([2H])NC(=O)c1nnc(Nc2ccc(C3(C#N)CC3)cn2)cc1Nc1ncccc1S(C)(=O)=O. The molecule has 0 atom stereocenters. The van der Waals surface area contributed by atoms with Gasteiger partial charge in [0, 0.05) is 35.8 Å². The Kier molecular flexibility index (Phi) is 4.72. The van der Waals surface area contributed by atoms with Crippen LogP contribution in [0.4, 0.5) is 23.1 Å². The molecule has 4 rings (SSSR count). The van der Waals surface area contributed by atoms with E-state index in [1.807, 2.05) is 5.32 Å². The molecule has 1 aliphatic carbocycles. The van der Waals surface area contributed by atoms with Crippen molar-refractivity contribution in [1.82, 2.24) is 25.5 Å². The van der Waals surface area contributed by atoms with Crippen LogP contribution in [0.2, 0.25) is 0 Å². The summed E-state index contributed by atoms with van der Waals surface area (Å²) in [5, 5.41) is 24.6. The fourth-order valence-electron chi connectivity index (χ4n) is 3.16. The Morgan fingerprint density at radius 1 is 1.18 bits per heavy atom. The number of aromatic nitrogens is 4.